The summed E-state index contributed by atoms with van der Waals surface area (Å²) in [5.41, 5.74) is 2.06. The first-order valence-electron chi connectivity index (χ1n) is 8.06. The van der Waals surface area contributed by atoms with E-state index in [1.165, 1.54) is 0 Å². The van der Waals surface area contributed by atoms with E-state index >= 15 is 0 Å². The van der Waals surface area contributed by atoms with Gasteiger partial charge in [-0.2, -0.15) is 0 Å². The quantitative estimate of drug-likeness (QED) is 0.782. The minimum atomic E-state index is -0.595. The van der Waals surface area contributed by atoms with Crippen LogP contribution in [0.5, 0.6) is 0 Å². The van der Waals surface area contributed by atoms with Gasteiger partial charge in [0, 0.05) is 13.0 Å². The summed E-state index contributed by atoms with van der Waals surface area (Å²) in [6, 6.07) is 10.8. The standard InChI is InChI=1S/C18H23N3O3/c1-21(2)14(16-8-5-9-24-16)11-19-18(23)20-17-13-7-4-3-6-12(13)10-15(17)22/h3-9,14-15,17,22H,10-11H2,1-2H3,(H2,19,20,23)/t14-,15-,17+/m0/s1. The van der Waals surface area contributed by atoms with Crippen LogP contribution < -0.4 is 10.6 Å². The van der Waals surface area contributed by atoms with Gasteiger partial charge in [0.05, 0.1) is 24.5 Å². The number of hydrogen-bond donors (Lipinski definition) is 3. The third kappa shape index (κ3) is 3.44. The molecule has 0 saturated heterocycles. The Hall–Kier alpha value is -2.31. The highest BCUT2D eigenvalue weighted by Crippen LogP contribution is 2.31. The molecule has 3 rings (SSSR count). The molecule has 0 fully saturated rings. The first-order valence-corrected chi connectivity index (χ1v) is 8.06. The summed E-state index contributed by atoms with van der Waals surface area (Å²) in [5.74, 6) is 0.798. The molecule has 3 N–H and O–H groups in total. The molecular weight excluding hydrogens is 306 g/mol. The average molecular weight is 329 g/mol. The van der Waals surface area contributed by atoms with Gasteiger partial charge in [0.15, 0.2) is 0 Å². The number of carbonyl (C=O) groups is 1. The summed E-state index contributed by atoms with van der Waals surface area (Å²) >= 11 is 0. The molecule has 6 heteroatoms. The van der Waals surface area contributed by atoms with Crippen molar-refractivity contribution in [3.05, 3.63) is 59.5 Å². The number of nitrogens with one attached hydrogen (secondary N) is 2. The van der Waals surface area contributed by atoms with Gasteiger partial charge in [-0.15, -0.1) is 0 Å². The Morgan fingerprint density at radius 2 is 2.12 bits per heavy atom. The van der Waals surface area contributed by atoms with E-state index in [1.807, 2.05) is 55.4 Å². The summed E-state index contributed by atoms with van der Waals surface area (Å²) in [7, 11) is 3.87. The number of likely N-dealkylation sites (N-methyl/N-ethyl adjacent to an activating group) is 1. The molecule has 6 nitrogen and oxygen atoms in total. The summed E-state index contributed by atoms with van der Waals surface area (Å²) in [6.45, 7) is 0.414. The summed E-state index contributed by atoms with van der Waals surface area (Å²) < 4.78 is 5.43. The molecule has 1 aliphatic carbocycles. The highest BCUT2D eigenvalue weighted by Gasteiger charge is 2.32. The van der Waals surface area contributed by atoms with Crippen molar-refractivity contribution >= 4 is 6.03 Å². The lowest BCUT2D eigenvalue weighted by Crippen LogP contribution is -2.43. The lowest BCUT2D eigenvalue weighted by Gasteiger charge is -2.24. The number of furan rings is 1. The molecule has 0 aliphatic heterocycles. The highest BCUT2D eigenvalue weighted by molar-refractivity contribution is 5.74. The molecule has 1 heterocycles. The Balaban J connectivity index is 1.60. The van der Waals surface area contributed by atoms with Crippen molar-refractivity contribution in [2.75, 3.05) is 20.6 Å². The van der Waals surface area contributed by atoms with Crippen LogP contribution in [0.15, 0.2) is 47.1 Å². The van der Waals surface area contributed by atoms with Crippen LogP contribution in [-0.2, 0) is 6.42 Å². The third-order valence-electron chi connectivity index (χ3n) is 4.44. The Morgan fingerprint density at radius 3 is 2.83 bits per heavy atom. The summed E-state index contributed by atoms with van der Waals surface area (Å²) in [5, 5.41) is 16.0. The van der Waals surface area contributed by atoms with Crippen molar-refractivity contribution in [3.63, 3.8) is 0 Å². The molecule has 0 unspecified atom stereocenters. The van der Waals surface area contributed by atoms with E-state index in [4.69, 9.17) is 4.42 Å². The SMILES string of the molecule is CN(C)[C@@H](CNC(=O)N[C@@H]1c2ccccc2C[C@@H]1O)c1ccco1. The number of aliphatic hydroxyl groups is 1. The van der Waals surface area contributed by atoms with Gasteiger partial charge in [0.2, 0.25) is 0 Å². The smallest absolute Gasteiger partial charge is 0.315 e. The second-order valence-electron chi connectivity index (χ2n) is 6.30. The number of rotatable bonds is 5. The zero-order valence-corrected chi connectivity index (χ0v) is 13.9. The lowest BCUT2D eigenvalue weighted by atomic mass is 10.1. The Morgan fingerprint density at radius 1 is 1.33 bits per heavy atom. The molecule has 1 aromatic heterocycles. The van der Waals surface area contributed by atoms with Crippen LogP contribution in [0.3, 0.4) is 0 Å². The van der Waals surface area contributed by atoms with Gasteiger partial charge in [0.25, 0.3) is 0 Å². The maximum Gasteiger partial charge on any atom is 0.315 e. The maximum atomic E-state index is 12.3. The van der Waals surface area contributed by atoms with Gasteiger partial charge in [0.1, 0.15) is 5.76 Å². The highest BCUT2D eigenvalue weighted by atomic mass is 16.3. The fourth-order valence-electron chi connectivity index (χ4n) is 3.15. The van der Waals surface area contributed by atoms with Crippen molar-refractivity contribution in [1.82, 2.24) is 15.5 Å². The van der Waals surface area contributed by atoms with Crippen molar-refractivity contribution in [2.24, 2.45) is 0 Å². The molecule has 1 aliphatic rings. The Bertz CT molecular complexity index is 685. The number of benzene rings is 1. The molecule has 128 valence electrons. The van der Waals surface area contributed by atoms with E-state index in [9.17, 15) is 9.90 Å². The van der Waals surface area contributed by atoms with E-state index in [2.05, 4.69) is 10.6 Å². The number of hydrogen-bond acceptors (Lipinski definition) is 4. The topological polar surface area (TPSA) is 77.7 Å². The first kappa shape index (κ1) is 16.5. The van der Waals surface area contributed by atoms with Gasteiger partial charge < -0.3 is 20.2 Å². The van der Waals surface area contributed by atoms with Gasteiger partial charge in [-0.1, -0.05) is 24.3 Å². The van der Waals surface area contributed by atoms with Crippen LogP contribution in [0.25, 0.3) is 0 Å². The number of amides is 2. The fourth-order valence-corrected chi connectivity index (χ4v) is 3.15. The van der Waals surface area contributed by atoms with E-state index < -0.39 is 6.10 Å². The number of carbonyl (C=O) groups excluding carboxylic acids is 1. The predicted octanol–water partition coefficient (Wildman–Crippen LogP) is 1.84. The monoisotopic (exact) mass is 329 g/mol. The summed E-state index contributed by atoms with van der Waals surface area (Å²) in [4.78, 5) is 14.3. The molecule has 0 radical (unpaired) electrons. The molecule has 0 spiro atoms. The second kappa shape index (κ2) is 7.07. The molecular formula is C18H23N3O3. The third-order valence-corrected chi connectivity index (χ3v) is 4.44. The van der Waals surface area contributed by atoms with E-state index in [0.29, 0.717) is 13.0 Å². The lowest BCUT2D eigenvalue weighted by molar-refractivity contribution is 0.141. The van der Waals surface area contributed by atoms with Crippen molar-refractivity contribution in [2.45, 2.75) is 24.6 Å². The zero-order chi connectivity index (χ0) is 17.1. The molecule has 1 aromatic carbocycles. The molecule has 2 amide bonds. The molecule has 3 atom stereocenters. The van der Waals surface area contributed by atoms with Gasteiger partial charge in [-0.3, -0.25) is 4.90 Å². The molecule has 24 heavy (non-hydrogen) atoms. The van der Waals surface area contributed by atoms with Gasteiger partial charge >= 0.3 is 6.03 Å². The van der Waals surface area contributed by atoms with Crippen molar-refractivity contribution < 1.29 is 14.3 Å². The molecule has 2 aromatic rings. The minimum Gasteiger partial charge on any atom is -0.468 e. The number of fused-ring (bicyclic) bond motifs is 1. The normalized spacial score (nSPS) is 20.7. The summed E-state index contributed by atoms with van der Waals surface area (Å²) in [6.07, 6.45) is 1.59. The van der Waals surface area contributed by atoms with Crippen LogP contribution >= 0.6 is 0 Å². The van der Waals surface area contributed by atoms with Gasteiger partial charge in [-0.25, -0.2) is 4.79 Å². The van der Waals surface area contributed by atoms with Crippen molar-refractivity contribution in [3.8, 4) is 0 Å². The Kier molecular flexibility index (Phi) is 4.87. The van der Waals surface area contributed by atoms with Gasteiger partial charge in [-0.05, 0) is 37.4 Å². The Labute approximate surface area is 141 Å². The largest absolute Gasteiger partial charge is 0.468 e. The maximum absolute atomic E-state index is 12.3. The number of urea groups is 1. The van der Waals surface area contributed by atoms with E-state index in [-0.39, 0.29) is 18.1 Å². The predicted molar refractivity (Wildman–Crippen MR) is 90.6 cm³/mol. The second-order valence-corrected chi connectivity index (χ2v) is 6.30. The van der Waals surface area contributed by atoms with E-state index in [0.717, 1.165) is 16.9 Å². The fraction of sp³-hybridized carbons (Fsp3) is 0.389. The van der Waals surface area contributed by atoms with Crippen LogP contribution in [0.2, 0.25) is 0 Å². The van der Waals surface area contributed by atoms with E-state index in [1.54, 1.807) is 6.26 Å². The number of aliphatic hydroxyl groups excluding tert-OH is 1. The first-order chi connectivity index (χ1) is 11.6. The molecule has 0 bridgehead atoms. The van der Waals surface area contributed by atoms with Crippen LogP contribution in [0.1, 0.15) is 29.0 Å². The average Bonchev–Trinajstić information content (AvgIpc) is 3.16. The minimum absolute atomic E-state index is 0.0495. The molecule has 0 saturated carbocycles. The number of nitrogens with zero attached hydrogens (tertiary/aromatic N) is 1. The zero-order valence-electron chi connectivity index (χ0n) is 13.9. The van der Waals surface area contributed by atoms with Crippen LogP contribution in [0.4, 0.5) is 4.79 Å². The van der Waals surface area contributed by atoms with Crippen LogP contribution in [-0.4, -0.2) is 42.8 Å². The van der Waals surface area contributed by atoms with Crippen molar-refractivity contribution in [1.29, 1.82) is 0 Å². The van der Waals surface area contributed by atoms with Crippen LogP contribution in [0, 0.1) is 0 Å².